The molecular formula is C15H15N3O2S. The number of rotatable bonds is 4. The molecule has 0 spiro atoms. The molecule has 0 saturated carbocycles. The molecule has 2 aromatic rings. The van der Waals surface area contributed by atoms with Crippen molar-refractivity contribution in [3.8, 4) is 6.07 Å². The van der Waals surface area contributed by atoms with Gasteiger partial charge < -0.3 is 10.0 Å². The molecule has 0 aliphatic rings. The van der Waals surface area contributed by atoms with E-state index in [0.29, 0.717) is 16.4 Å². The molecule has 108 valence electrons. The van der Waals surface area contributed by atoms with Gasteiger partial charge in [0, 0.05) is 12.4 Å². The van der Waals surface area contributed by atoms with Crippen molar-refractivity contribution < 1.29 is 9.90 Å². The predicted octanol–water partition coefficient (Wildman–Crippen LogP) is 3.14. The highest BCUT2D eigenvalue weighted by molar-refractivity contribution is 7.13. The Labute approximate surface area is 127 Å². The summed E-state index contributed by atoms with van der Waals surface area (Å²) in [5, 5.41) is 20.8. The number of aromatic nitrogens is 1. The van der Waals surface area contributed by atoms with Crippen LogP contribution < -0.4 is 4.90 Å². The van der Waals surface area contributed by atoms with Crippen LogP contribution in [0.3, 0.4) is 0 Å². The number of carboxylic acids is 1. The topological polar surface area (TPSA) is 77.2 Å². The molecular weight excluding hydrogens is 286 g/mol. The summed E-state index contributed by atoms with van der Waals surface area (Å²) in [6.07, 6.45) is 0. The summed E-state index contributed by atoms with van der Waals surface area (Å²) in [5.41, 5.74) is 0.768. The van der Waals surface area contributed by atoms with Crippen molar-refractivity contribution in [3.05, 3.63) is 40.9 Å². The summed E-state index contributed by atoms with van der Waals surface area (Å²) < 4.78 is 0. The van der Waals surface area contributed by atoms with Gasteiger partial charge in [-0.3, -0.25) is 4.79 Å². The number of benzene rings is 1. The highest BCUT2D eigenvalue weighted by Crippen LogP contribution is 2.33. The lowest BCUT2D eigenvalue weighted by Crippen LogP contribution is -2.29. The Kier molecular flexibility index (Phi) is 3.96. The van der Waals surface area contributed by atoms with E-state index in [1.165, 1.54) is 11.3 Å². The first-order valence-electron chi connectivity index (χ1n) is 6.30. The van der Waals surface area contributed by atoms with Gasteiger partial charge in [0.15, 0.2) is 5.13 Å². The average molecular weight is 301 g/mol. The van der Waals surface area contributed by atoms with Crippen molar-refractivity contribution in [2.75, 3.05) is 11.9 Å². The number of anilines is 2. The van der Waals surface area contributed by atoms with Gasteiger partial charge in [-0.2, -0.15) is 5.26 Å². The summed E-state index contributed by atoms with van der Waals surface area (Å²) in [5.74, 6) is -0.917. The minimum Gasteiger partial charge on any atom is -0.481 e. The molecule has 0 unspecified atom stereocenters. The molecule has 0 aliphatic heterocycles. The third-order valence-electron chi connectivity index (χ3n) is 3.34. The van der Waals surface area contributed by atoms with Crippen LogP contribution in [0.15, 0.2) is 29.6 Å². The van der Waals surface area contributed by atoms with E-state index in [1.54, 1.807) is 36.3 Å². The van der Waals surface area contributed by atoms with Crippen LogP contribution in [-0.4, -0.2) is 23.1 Å². The molecule has 0 bridgehead atoms. The van der Waals surface area contributed by atoms with Crippen molar-refractivity contribution in [3.63, 3.8) is 0 Å². The van der Waals surface area contributed by atoms with Gasteiger partial charge in [0.2, 0.25) is 0 Å². The van der Waals surface area contributed by atoms with Gasteiger partial charge in [-0.1, -0.05) is 12.1 Å². The molecule has 0 amide bonds. The Hall–Kier alpha value is -2.39. The van der Waals surface area contributed by atoms with E-state index >= 15 is 0 Å². The molecule has 0 aliphatic carbocycles. The fraction of sp³-hybridized carbons (Fsp3) is 0.267. The van der Waals surface area contributed by atoms with Crippen LogP contribution in [0.5, 0.6) is 0 Å². The summed E-state index contributed by atoms with van der Waals surface area (Å²) in [6.45, 7) is 3.24. The van der Waals surface area contributed by atoms with E-state index in [-0.39, 0.29) is 0 Å². The zero-order valence-corrected chi connectivity index (χ0v) is 12.8. The highest BCUT2D eigenvalue weighted by atomic mass is 32.1. The van der Waals surface area contributed by atoms with Gasteiger partial charge in [-0.05, 0) is 26.0 Å². The highest BCUT2D eigenvalue weighted by Gasteiger charge is 2.32. The third kappa shape index (κ3) is 2.73. The molecule has 6 heteroatoms. The summed E-state index contributed by atoms with van der Waals surface area (Å²) in [6, 6.07) is 9.37. The maximum absolute atomic E-state index is 11.3. The van der Waals surface area contributed by atoms with Gasteiger partial charge in [0.25, 0.3) is 0 Å². The zero-order valence-electron chi connectivity index (χ0n) is 12.0. The van der Waals surface area contributed by atoms with Gasteiger partial charge in [0.05, 0.1) is 16.9 Å². The molecule has 1 heterocycles. The fourth-order valence-corrected chi connectivity index (χ4v) is 2.75. The molecule has 0 atom stereocenters. The minimum atomic E-state index is -1.04. The standard InChI is InChI=1S/C15H15N3O2S/c1-15(2,13(19)20)12-9-21-14(17-12)18(3)11-7-5-4-6-10(11)8-16/h4-7,9H,1-3H3,(H,19,20). The molecule has 2 rings (SSSR count). The normalized spacial score (nSPS) is 11.0. The van der Waals surface area contributed by atoms with Crippen LogP contribution in [0.1, 0.15) is 25.1 Å². The fourth-order valence-electron chi connectivity index (χ4n) is 1.78. The molecule has 21 heavy (non-hydrogen) atoms. The molecule has 1 aromatic carbocycles. The van der Waals surface area contributed by atoms with Gasteiger partial charge in [-0.25, -0.2) is 4.98 Å². The monoisotopic (exact) mass is 301 g/mol. The maximum Gasteiger partial charge on any atom is 0.315 e. The number of hydrogen-bond donors (Lipinski definition) is 1. The number of thiazole rings is 1. The summed E-state index contributed by atoms with van der Waals surface area (Å²) in [7, 11) is 1.81. The smallest absolute Gasteiger partial charge is 0.315 e. The second-order valence-corrected chi connectivity index (χ2v) is 5.97. The molecule has 5 nitrogen and oxygen atoms in total. The Morgan fingerprint density at radius 3 is 2.71 bits per heavy atom. The Morgan fingerprint density at radius 1 is 1.43 bits per heavy atom. The number of para-hydroxylation sites is 1. The van der Waals surface area contributed by atoms with E-state index in [9.17, 15) is 9.90 Å². The molecule has 0 radical (unpaired) electrons. The van der Waals surface area contributed by atoms with E-state index in [1.807, 2.05) is 19.2 Å². The number of nitrogens with zero attached hydrogens (tertiary/aromatic N) is 3. The average Bonchev–Trinajstić information content (AvgIpc) is 2.96. The van der Waals surface area contributed by atoms with Crippen LogP contribution in [0.2, 0.25) is 0 Å². The second kappa shape index (κ2) is 5.54. The zero-order chi connectivity index (χ0) is 15.6. The van der Waals surface area contributed by atoms with Crippen molar-refractivity contribution in [2.24, 2.45) is 0 Å². The molecule has 0 fully saturated rings. The van der Waals surface area contributed by atoms with Crippen LogP contribution >= 0.6 is 11.3 Å². The lowest BCUT2D eigenvalue weighted by atomic mass is 9.90. The first-order valence-corrected chi connectivity index (χ1v) is 7.18. The van der Waals surface area contributed by atoms with Crippen molar-refractivity contribution >= 4 is 28.1 Å². The quantitative estimate of drug-likeness (QED) is 0.938. The second-order valence-electron chi connectivity index (χ2n) is 5.13. The number of aliphatic carboxylic acids is 1. The van der Waals surface area contributed by atoms with E-state index < -0.39 is 11.4 Å². The van der Waals surface area contributed by atoms with Crippen LogP contribution in [0, 0.1) is 11.3 Å². The van der Waals surface area contributed by atoms with E-state index in [4.69, 9.17) is 5.26 Å². The Morgan fingerprint density at radius 2 is 2.10 bits per heavy atom. The lowest BCUT2D eigenvalue weighted by Gasteiger charge is -2.18. The molecule has 1 N–H and O–H groups in total. The molecule has 0 saturated heterocycles. The lowest BCUT2D eigenvalue weighted by molar-refractivity contribution is -0.142. The Balaban J connectivity index is 2.38. The maximum atomic E-state index is 11.3. The SMILES string of the molecule is CN(c1nc(C(C)(C)C(=O)O)cs1)c1ccccc1C#N. The predicted molar refractivity (Wildman–Crippen MR) is 82.0 cm³/mol. The minimum absolute atomic E-state index is 0.510. The largest absolute Gasteiger partial charge is 0.481 e. The van der Waals surface area contributed by atoms with Crippen molar-refractivity contribution in [1.29, 1.82) is 5.26 Å². The van der Waals surface area contributed by atoms with Crippen molar-refractivity contribution in [1.82, 2.24) is 4.98 Å². The Bertz CT molecular complexity index is 716. The van der Waals surface area contributed by atoms with Gasteiger partial charge in [0.1, 0.15) is 11.5 Å². The van der Waals surface area contributed by atoms with Gasteiger partial charge in [-0.15, -0.1) is 11.3 Å². The van der Waals surface area contributed by atoms with Crippen LogP contribution in [0.4, 0.5) is 10.8 Å². The van der Waals surface area contributed by atoms with Crippen LogP contribution in [-0.2, 0) is 10.2 Å². The third-order valence-corrected chi connectivity index (χ3v) is 4.26. The first kappa shape index (κ1) is 15.0. The van der Waals surface area contributed by atoms with E-state index in [2.05, 4.69) is 11.1 Å². The summed E-state index contributed by atoms with van der Waals surface area (Å²) >= 11 is 1.36. The first-order chi connectivity index (χ1) is 9.87. The number of nitriles is 1. The van der Waals surface area contributed by atoms with Gasteiger partial charge >= 0.3 is 5.97 Å². The summed E-state index contributed by atoms with van der Waals surface area (Å²) in [4.78, 5) is 17.5. The van der Waals surface area contributed by atoms with Crippen molar-refractivity contribution in [2.45, 2.75) is 19.3 Å². The van der Waals surface area contributed by atoms with Crippen LogP contribution in [0.25, 0.3) is 0 Å². The molecule has 1 aromatic heterocycles. The number of carboxylic acid groups (broad SMARTS) is 1. The van der Waals surface area contributed by atoms with E-state index in [0.717, 1.165) is 5.69 Å². The number of hydrogen-bond acceptors (Lipinski definition) is 5. The number of carbonyl (C=O) groups is 1.